The van der Waals surface area contributed by atoms with E-state index in [4.69, 9.17) is 16.5 Å². The first-order chi connectivity index (χ1) is 14.2. The number of allylic oxidation sites excluding steroid dienone is 2. The third kappa shape index (κ3) is 3.16. The van der Waals surface area contributed by atoms with Crippen molar-refractivity contribution in [1.29, 1.82) is 0 Å². The van der Waals surface area contributed by atoms with Crippen molar-refractivity contribution in [3.05, 3.63) is 89.7 Å². The lowest BCUT2D eigenvalue weighted by Gasteiger charge is -2.29. The van der Waals surface area contributed by atoms with Crippen molar-refractivity contribution in [2.24, 2.45) is 10.7 Å². The van der Waals surface area contributed by atoms with E-state index < -0.39 is 0 Å². The summed E-state index contributed by atoms with van der Waals surface area (Å²) in [6.07, 6.45) is 8.13. The quantitative estimate of drug-likeness (QED) is 0.635. The summed E-state index contributed by atoms with van der Waals surface area (Å²) < 4.78 is 0. The van der Waals surface area contributed by atoms with Gasteiger partial charge in [-0.25, -0.2) is 19.9 Å². The molecule has 0 bridgehead atoms. The van der Waals surface area contributed by atoms with Gasteiger partial charge in [-0.2, -0.15) is 0 Å². The van der Waals surface area contributed by atoms with E-state index in [-0.39, 0.29) is 5.95 Å². The number of fused-ring (bicyclic) bond motifs is 2. The predicted octanol–water partition coefficient (Wildman–Crippen LogP) is 2.17. The number of nitrogens with two attached hydrogens (primary N) is 2. The summed E-state index contributed by atoms with van der Waals surface area (Å²) in [5.74, 6) is 1.33. The third-order valence-corrected chi connectivity index (χ3v) is 4.70. The molecule has 0 amide bonds. The smallest absolute Gasteiger partial charge is 0.220 e. The molecule has 0 radical (unpaired) electrons. The number of guanidine groups is 1. The van der Waals surface area contributed by atoms with E-state index in [9.17, 15) is 0 Å². The molecule has 2 aliphatic rings. The standard InChI is InChI=1S/C21H18N8/c22-20-24-12-17-14(25-20)7-4-10-29(17)18-9-8-15-19(28-18)16(27-21(23)26-15)11-13-5-2-1-3-6-13/h1-10,12H,11H2,(H3,22,24,25)(H2,23,26,27). The Balaban J connectivity index is 1.60. The number of anilines is 2. The predicted molar refractivity (Wildman–Crippen MR) is 114 cm³/mol. The normalized spacial score (nSPS) is 15.3. The summed E-state index contributed by atoms with van der Waals surface area (Å²) in [7, 11) is 0. The van der Waals surface area contributed by atoms with Crippen LogP contribution in [0.5, 0.6) is 0 Å². The van der Waals surface area contributed by atoms with Crippen LogP contribution in [0.15, 0.2) is 83.4 Å². The molecule has 0 saturated heterocycles. The maximum absolute atomic E-state index is 5.94. The van der Waals surface area contributed by atoms with E-state index in [1.807, 2.05) is 53.6 Å². The van der Waals surface area contributed by atoms with Gasteiger partial charge >= 0.3 is 0 Å². The van der Waals surface area contributed by atoms with Crippen molar-refractivity contribution < 1.29 is 0 Å². The molecule has 5 rings (SSSR count). The molecule has 8 heteroatoms. The minimum atomic E-state index is 0.241. The highest BCUT2D eigenvalue weighted by Gasteiger charge is 2.21. The number of hydrogen-bond donors (Lipinski definition) is 3. The second-order valence-electron chi connectivity index (χ2n) is 6.67. The molecule has 0 saturated carbocycles. The topological polar surface area (TPSA) is 118 Å². The Bertz CT molecular complexity index is 1220. The van der Waals surface area contributed by atoms with E-state index in [1.165, 1.54) is 0 Å². The van der Waals surface area contributed by atoms with Crippen LogP contribution in [0.3, 0.4) is 0 Å². The zero-order chi connectivity index (χ0) is 19.8. The average Bonchev–Trinajstić information content (AvgIpc) is 2.73. The zero-order valence-corrected chi connectivity index (χ0v) is 15.4. The number of aliphatic imine (C=N–C) groups is 1. The lowest BCUT2D eigenvalue weighted by molar-refractivity contribution is 0.977. The number of hydrogen-bond acceptors (Lipinski definition) is 8. The molecule has 29 heavy (non-hydrogen) atoms. The van der Waals surface area contributed by atoms with E-state index in [0.717, 1.165) is 34.0 Å². The lowest BCUT2D eigenvalue weighted by Crippen LogP contribution is -2.37. The van der Waals surface area contributed by atoms with Gasteiger partial charge in [-0.05, 0) is 29.8 Å². The van der Waals surface area contributed by atoms with Gasteiger partial charge in [0.2, 0.25) is 5.95 Å². The monoisotopic (exact) mass is 382 g/mol. The summed E-state index contributed by atoms with van der Waals surface area (Å²) in [6.45, 7) is 0. The Morgan fingerprint density at radius 1 is 0.966 bits per heavy atom. The minimum absolute atomic E-state index is 0.241. The second-order valence-corrected chi connectivity index (χ2v) is 6.67. The van der Waals surface area contributed by atoms with Gasteiger partial charge in [-0.3, -0.25) is 4.90 Å². The van der Waals surface area contributed by atoms with Gasteiger partial charge in [0.1, 0.15) is 11.3 Å². The summed E-state index contributed by atoms with van der Waals surface area (Å²) in [5, 5.41) is 3.07. The van der Waals surface area contributed by atoms with Gasteiger partial charge in [0.05, 0.1) is 28.8 Å². The Morgan fingerprint density at radius 3 is 2.69 bits per heavy atom. The van der Waals surface area contributed by atoms with Crippen LogP contribution in [0.1, 0.15) is 11.3 Å². The average molecular weight is 382 g/mol. The van der Waals surface area contributed by atoms with Crippen LogP contribution in [0.2, 0.25) is 0 Å². The van der Waals surface area contributed by atoms with Crippen LogP contribution in [0.4, 0.5) is 11.8 Å². The van der Waals surface area contributed by atoms with Crippen LogP contribution in [-0.2, 0) is 6.42 Å². The Morgan fingerprint density at radius 2 is 1.83 bits per heavy atom. The number of nitrogens with zero attached hydrogens (tertiary/aromatic N) is 5. The maximum Gasteiger partial charge on any atom is 0.220 e. The summed E-state index contributed by atoms with van der Waals surface area (Å²) in [6, 6.07) is 13.9. The van der Waals surface area contributed by atoms with Gasteiger partial charge in [0.25, 0.3) is 0 Å². The van der Waals surface area contributed by atoms with Crippen molar-refractivity contribution in [1.82, 2.24) is 20.3 Å². The van der Waals surface area contributed by atoms with E-state index in [1.54, 1.807) is 6.20 Å². The van der Waals surface area contributed by atoms with Crippen molar-refractivity contribution >= 4 is 28.8 Å². The van der Waals surface area contributed by atoms with Crippen LogP contribution in [-0.4, -0.2) is 20.9 Å². The van der Waals surface area contributed by atoms with Crippen molar-refractivity contribution in [3.8, 4) is 0 Å². The molecule has 0 atom stereocenters. The fraction of sp³-hybridized carbons (Fsp3) is 0.0476. The molecule has 0 spiro atoms. The van der Waals surface area contributed by atoms with Crippen molar-refractivity contribution in [2.45, 2.75) is 6.42 Å². The summed E-state index contributed by atoms with van der Waals surface area (Å²) in [5.41, 5.74) is 16.8. The highest BCUT2D eigenvalue weighted by molar-refractivity contribution is 5.85. The lowest BCUT2D eigenvalue weighted by atomic mass is 10.1. The molecule has 4 heterocycles. The largest absolute Gasteiger partial charge is 0.369 e. The fourth-order valence-electron chi connectivity index (χ4n) is 3.39. The van der Waals surface area contributed by atoms with Gasteiger partial charge < -0.3 is 16.8 Å². The van der Waals surface area contributed by atoms with Crippen molar-refractivity contribution in [2.75, 3.05) is 10.6 Å². The van der Waals surface area contributed by atoms with E-state index in [2.05, 4.69) is 32.4 Å². The number of benzene rings is 1. The maximum atomic E-state index is 5.94. The Labute approximate surface area is 167 Å². The fourth-order valence-corrected chi connectivity index (χ4v) is 3.39. The third-order valence-electron chi connectivity index (χ3n) is 4.70. The zero-order valence-electron chi connectivity index (χ0n) is 15.4. The first-order valence-corrected chi connectivity index (χ1v) is 9.13. The van der Waals surface area contributed by atoms with Crippen LogP contribution >= 0.6 is 0 Å². The van der Waals surface area contributed by atoms with Gasteiger partial charge in [-0.15, -0.1) is 0 Å². The first-order valence-electron chi connectivity index (χ1n) is 9.13. The number of nitrogens with one attached hydrogen (secondary N) is 1. The van der Waals surface area contributed by atoms with Gasteiger partial charge in [0, 0.05) is 12.6 Å². The number of rotatable bonds is 3. The molecule has 0 fully saturated rings. The van der Waals surface area contributed by atoms with Gasteiger partial charge in [-0.1, -0.05) is 30.3 Å². The Kier molecular flexibility index (Phi) is 3.94. The molecule has 2 aromatic heterocycles. The van der Waals surface area contributed by atoms with E-state index in [0.29, 0.717) is 17.9 Å². The van der Waals surface area contributed by atoms with Crippen molar-refractivity contribution in [3.63, 3.8) is 0 Å². The summed E-state index contributed by atoms with van der Waals surface area (Å²) in [4.78, 5) is 19.8. The van der Waals surface area contributed by atoms with Gasteiger partial charge in [0.15, 0.2) is 5.96 Å². The molecule has 3 aromatic rings. The molecule has 142 valence electrons. The SMILES string of the molecule is NC1=NC=C2C(=CC=CN2c2ccc3nc(N)nc(Cc4ccccc4)c3n2)N1. The highest BCUT2D eigenvalue weighted by atomic mass is 15.2. The minimum Gasteiger partial charge on any atom is -0.369 e. The highest BCUT2D eigenvalue weighted by Crippen LogP contribution is 2.29. The van der Waals surface area contributed by atoms with Crippen LogP contribution in [0.25, 0.3) is 11.0 Å². The summed E-state index contributed by atoms with van der Waals surface area (Å²) >= 11 is 0. The molecule has 0 aliphatic carbocycles. The molecule has 8 nitrogen and oxygen atoms in total. The number of pyridine rings is 1. The number of nitrogen functional groups attached to an aromatic ring is 1. The Hall–Kier alpha value is -4.20. The second kappa shape index (κ2) is 6.75. The molecule has 1 aromatic carbocycles. The first kappa shape index (κ1) is 16.9. The molecular weight excluding hydrogens is 364 g/mol. The molecule has 0 unspecified atom stereocenters. The van der Waals surface area contributed by atoms with Crippen LogP contribution in [0, 0.1) is 0 Å². The molecular formula is C21H18N8. The number of aromatic nitrogens is 3. The molecule has 5 N–H and O–H groups in total. The van der Waals surface area contributed by atoms with Crippen LogP contribution < -0.4 is 21.7 Å². The molecule has 2 aliphatic heterocycles. The van der Waals surface area contributed by atoms with E-state index >= 15 is 0 Å².